The van der Waals surface area contributed by atoms with Gasteiger partial charge in [0.15, 0.2) is 0 Å². The second-order valence-electron chi connectivity index (χ2n) is 5.44. The van der Waals surface area contributed by atoms with Gasteiger partial charge in [0.25, 0.3) is 0 Å². The molecule has 1 aliphatic rings. The average molecular weight is 242 g/mol. The number of nitrogens with zero attached hydrogens (tertiary/aromatic N) is 2. The van der Waals surface area contributed by atoms with Crippen molar-refractivity contribution in [2.45, 2.75) is 32.7 Å². The van der Waals surface area contributed by atoms with Gasteiger partial charge in [0.1, 0.15) is 5.41 Å². The summed E-state index contributed by atoms with van der Waals surface area (Å²) in [6.45, 7) is 4.23. The summed E-state index contributed by atoms with van der Waals surface area (Å²) in [7, 11) is 3.97. The van der Waals surface area contributed by atoms with Crippen molar-refractivity contribution < 1.29 is 14.7 Å². The number of carboxylic acid groups (broad SMARTS) is 1. The summed E-state index contributed by atoms with van der Waals surface area (Å²) in [6, 6.07) is 0.331. The lowest BCUT2D eigenvalue weighted by Crippen LogP contribution is -2.52. The second kappa shape index (κ2) is 5.04. The van der Waals surface area contributed by atoms with Gasteiger partial charge in [0.2, 0.25) is 5.91 Å². The van der Waals surface area contributed by atoms with Crippen LogP contribution in [0, 0.1) is 5.41 Å². The fourth-order valence-corrected chi connectivity index (χ4v) is 2.05. The molecule has 1 rings (SSSR count). The number of rotatable bonds is 3. The standard InChI is InChI=1S/C12H22N2O3/c1-12(2,11(16)17)10(15)14-7-5-6-9(8-14)13(3)4/h9H,5-8H2,1-4H3,(H,16,17). The number of carbonyl (C=O) groups is 2. The van der Waals surface area contributed by atoms with E-state index in [2.05, 4.69) is 4.90 Å². The van der Waals surface area contributed by atoms with Crippen LogP contribution in [-0.4, -0.2) is 60.0 Å². The van der Waals surface area contributed by atoms with E-state index in [9.17, 15) is 9.59 Å². The monoisotopic (exact) mass is 242 g/mol. The Balaban J connectivity index is 2.73. The Hall–Kier alpha value is -1.10. The maximum absolute atomic E-state index is 12.2. The molecule has 0 aromatic heterocycles. The summed E-state index contributed by atoms with van der Waals surface area (Å²) in [5.41, 5.74) is -1.33. The zero-order valence-corrected chi connectivity index (χ0v) is 11.1. The quantitative estimate of drug-likeness (QED) is 0.738. The van der Waals surface area contributed by atoms with E-state index in [1.54, 1.807) is 4.90 Å². The molecule has 0 bridgehead atoms. The molecular formula is C12H22N2O3. The van der Waals surface area contributed by atoms with Crippen LogP contribution in [0.2, 0.25) is 0 Å². The number of hydrogen-bond acceptors (Lipinski definition) is 3. The molecule has 1 saturated heterocycles. The largest absolute Gasteiger partial charge is 0.480 e. The van der Waals surface area contributed by atoms with Crippen molar-refractivity contribution in [3.63, 3.8) is 0 Å². The van der Waals surface area contributed by atoms with Gasteiger partial charge in [-0.15, -0.1) is 0 Å². The number of amides is 1. The zero-order valence-electron chi connectivity index (χ0n) is 11.1. The van der Waals surface area contributed by atoms with Crippen molar-refractivity contribution >= 4 is 11.9 Å². The lowest BCUT2D eigenvalue weighted by atomic mass is 9.90. The van der Waals surface area contributed by atoms with Gasteiger partial charge in [0.05, 0.1) is 0 Å². The van der Waals surface area contributed by atoms with E-state index in [0.717, 1.165) is 12.8 Å². The Morgan fingerprint density at radius 2 is 1.94 bits per heavy atom. The zero-order chi connectivity index (χ0) is 13.2. The molecule has 0 aromatic carbocycles. The number of carboxylic acids is 1. The molecule has 5 nitrogen and oxygen atoms in total. The van der Waals surface area contributed by atoms with Crippen molar-refractivity contribution in [3.8, 4) is 0 Å². The average Bonchev–Trinajstić information content (AvgIpc) is 2.27. The maximum Gasteiger partial charge on any atom is 0.318 e. The highest BCUT2D eigenvalue weighted by molar-refractivity contribution is 6.01. The molecule has 1 aliphatic heterocycles. The van der Waals surface area contributed by atoms with Crippen LogP contribution in [0.25, 0.3) is 0 Å². The third-order valence-corrected chi connectivity index (χ3v) is 3.48. The molecule has 1 atom stereocenters. The molecule has 1 heterocycles. The number of piperidine rings is 1. The minimum atomic E-state index is -1.33. The van der Waals surface area contributed by atoms with Gasteiger partial charge in [-0.2, -0.15) is 0 Å². The molecule has 0 saturated carbocycles. The Morgan fingerprint density at radius 1 is 1.35 bits per heavy atom. The van der Waals surface area contributed by atoms with E-state index >= 15 is 0 Å². The lowest BCUT2D eigenvalue weighted by molar-refractivity contribution is -0.159. The number of aliphatic carboxylic acids is 1. The molecule has 5 heteroatoms. The lowest BCUT2D eigenvalue weighted by Gasteiger charge is -2.38. The van der Waals surface area contributed by atoms with Crippen LogP contribution in [0.5, 0.6) is 0 Å². The van der Waals surface area contributed by atoms with Crippen LogP contribution in [-0.2, 0) is 9.59 Å². The van der Waals surface area contributed by atoms with Gasteiger partial charge in [-0.25, -0.2) is 0 Å². The van der Waals surface area contributed by atoms with Gasteiger partial charge < -0.3 is 14.9 Å². The SMILES string of the molecule is CN(C)C1CCCN(C(=O)C(C)(C)C(=O)O)C1. The number of carbonyl (C=O) groups excluding carboxylic acids is 1. The van der Waals surface area contributed by atoms with E-state index in [1.165, 1.54) is 13.8 Å². The van der Waals surface area contributed by atoms with Crippen LogP contribution in [0.1, 0.15) is 26.7 Å². The van der Waals surface area contributed by atoms with Gasteiger partial charge in [-0.1, -0.05) is 0 Å². The van der Waals surface area contributed by atoms with Crippen molar-refractivity contribution in [1.29, 1.82) is 0 Å². The van der Waals surface area contributed by atoms with Gasteiger partial charge in [-0.05, 0) is 40.8 Å². The van der Waals surface area contributed by atoms with E-state index in [4.69, 9.17) is 5.11 Å². The third kappa shape index (κ3) is 2.97. The van der Waals surface area contributed by atoms with Gasteiger partial charge in [-0.3, -0.25) is 9.59 Å². The number of likely N-dealkylation sites (N-methyl/N-ethyl adjacent to an activating group) is 1. The predicted octanol–water partition coefficient (Wildman–Crippen LogP) is 0.650. The summed E-state index contributed by atoms with van der Waals surface area (Å²) in [6.07, 6.45) is 1.99. The minimum Gasteiger partial charge on any atom is -0.480 e. The first-order valence-electron chi connectivity index (χ1n) is 5.96. The summed E-state index contributed by atoms with van der Waals surface area (Å²) in [5, 5.41) is 9.06. The first kappa shape index (κ1) is 14.0. The van der Waals surface area contributed by atoms with Crippen molar-refractivity contribution in [2.24, 2.45) is 5.41 Å². The molecule has 1 N–H and O–H groups in total. The Kier molecular flexibility index (Phi) is 4.14. The normalized spacial score (nSPS) is 21.7. The molecule has 17 heavy (non-hydrogen) atoms. The third-order valence-electron chi connectivity index (χ3n) is 3.48. The summed E-state index contributed by atoms with van der Waals surface area (Å²) < 4.78 is 0. The topological polar surface area (TPSA) is 60.9 Å². The first-order chi connectivity index (χ1) is 7.76. The highest BCUT2D eigenvalue weighted by atomic mass is 16.4. The molecule has 1 amide bonds. The highest BCUT2D eigenvalue weighted by Crippen LogP contribution is 2.23. The molecule has 0 aromatic rings. The molecule has 1 unspecified atom stereocenters. The van der Waals surface area contributed by atoms with Crippen LogP contribution in [0.4, 0.5) is 0 Å². The molecular weight excluding hydrogens is 220 g/mol. The number of hydrogen-bond donors (Lipinski definition) is 1. The van der Waals surface area contributed by atoms with Gasteiger partial charge >= 0.3 is 5.97 Å². The fourth-order valence-electron chi connectivity index (χ4n) is 2.05. The Morgan fingerprint density at radius 3 is 2.41 bits per heavy atom. The predicted molar refractivity (Wildman–Crippen MR) is 64.7 cm³/mol. The van der Waals surface area contributed by atoms with E-state index in [-0.39, 0.29) is 5.91 Å². The van der Waals surface area contributed by atoms with Crippen LogP contribution < -0.4 is 0 Å². The molecule has 0 radical (unpaired) electrons. The molecule has 1 fully saturated rings. The Labute approximate surface area is 102 Å². The summed E-state index contributed by atoms with van der Waals surface area (Å²) in [5.74, 6) is -1.34. The van der Waals surface area contributed by atoms with Crippen LogP contribution >= 0.6 is 0 Å². The molecule has 98 valence electrons. The Bertz CT molecular complexity index is 313. The smallest absolute Gasteiger partial charge is 0.318 e. The van der Waals surface area contributed by atoms with Crippen molar-refractivity contribution in [1.82, 2.24) is 9.80 Å². The van der Waals surface area contributed by atoms with E-state index in [1.807, 2.05) is 14.1 Å². The minimum absolute atomic E-state index is 0.281. The van der Waals surface area contributed by atoms with Crippen LogP contribution in [0.3, 0.4) is 0 Å². The van der Waals surface area contributed by atoms with Crippen molar-refractivity contribution in [3.05, 3.63) is 0 Å². The second-order valence-corrected chi connectivity index (χ2v) is 5.44. The summed E-state index contributed by atoms with van der Waals surface area (Å²) >= 11 is 0. The van der Waals surface area contributed by atoms with Crippen LogP contribution in [0.15, 0.2) is 0 Å². The highest BCUT2D eigenvalue weighted by Gasteiger charge is 2.40. The number of likely N-dealkylation sites (tertiary alicyclic amines) is 1. The van der Waals surface area contributed by atoms with Gasteiger partial charge in [0, 0.05) is 19.1 Å². The van der Waals surface area contributed by atoms with E-state index < -0.39 is 11.4 Å². The van der Waals surface area contributed by atoms with E-state index in [0.29, 0.717) is 19.1 Å². The van der Waals surface area contributed by atoms with Crippen molar-refractivity contribution in [2.75, 3.05) is 27.2 Å². The maximum atomic E-state index is 12.2. The summed E-state index contributed by atoms with van der Waals surface area (Å²) in [4.78, 5) is 27.0. The fraction of sp³-hybridized carbons (Fsp3) is 0.833. The molecule has 0 aliphatic carbocycles. The molecule has 0 spiro atoms. The first-order valence-corrected chi connectivity index (χ1v) is 5.96.